The van der Waals surface area contributed by atoms with E-state index < -0.39 is 59.5 Å². The minimum absolute atomic E-state index is 0.234. The van der Waals surface area contributed by atoms with Crippen molar-refractivity contribution >= 4 is 63.6 Å². The Hall–Kier alpha value is -7.26. The molecule has 0 bridgehead atoms. The maximum Gasteiger partial charge on any atom is 0.335 e. The summed E-state index contributed by atoms with van der Waals surface area (Å²) in [5.74, 6) is -3.00. The molecule has 1 unspecified atom stereocenters. The number of carbonyl (C=O) groups excluding carboxylic acids is 6. The van der Waals surface area contributed by atoms with Crippen molar-refractivity contribution < 1.29 is 57.2 Å². The van der Waals surface area contributed by atoms with Gasteiger partial charge in [-0.25, -0.2) is 14.6 Å². The first-order valence-corrected chi connectivity index (χ1v) is 22.6. The highest BCUT2D eigenvalue weighted by Gasteiger charge is 2.34. The van der Waals surface area contributed by atoms with Gasteiger partial charge in [-0.05, 0) is 137 Å². The van der Waals surface area contributed by atoms with Crippen LogP contribution >= 0.6 is 11.3 Å². The first kappa shape index (κ1) is 46.7. The molecule has 0 spiro atoms. The lowest BCUT2D eigenvalue weighted by atomic mass is 9.82. The lowest BCUT2D eigenvalue weighted by molar-refractivity contribution is -0.145. The van der Waals surface area contributed by atoms with Crippen LogP contribution < -0.4 is 28.4 Å². The van der Waals surface area contributed by atoms with Crippen LogP contribution in [0.3, 0.4) is 0 Å². The Morgan fingerprint density at radius 2 is 1.00 bits per heavy atom. The molecule has 2 aliphatic carbocycles. The lowest BCUT2D eigenvalue weighted by Crippen LogP contribution is -2.30. The van der Waals surface area contributed by atoms with E-state index in [-0.39, 0.29) is 29.0 Å². The Kier molecular flexibility index (Phi) is 15.6. The molecule has 2 aliphatic rings. The van der Waals surface area contributed by atoms with Crippen LogP contribution in [-0.4, -0.2) is 47.0 Å². The van der Waals surface area contributed by atoms with Crippen LogP contribution in [0, 0.1) is 23.7 Å². The van der Waals surface area contributed by atoms with Gasteiger partial charge >= 0.3 is 35.8 Å². The Morgan fingerprint density at radius 1 is 0.591 bits per heavy atom. The minimum Gasteiger partial charge on any atom is -0.426 e. The highest BCUT2D eigenvalue weighted by Crippen LogP contribution is 2.36. The van der Waals surface area contributed by atoms with Gasteiger partial charge in [-0.15, -0.1) is 11.3 Å². The number of ether oxygens (including phenoxy) is 6. The molecule has 7 rings (SSSR count). The summed E-state index contributed by atoms with van der Waals surface area (Å²) in [5, 5.41) is 0.835. The summed E-state index contributed by atoms with van der Waals surface area (Å²) in [6.07, 6.45) is 7.72. The standard InChI is InChI=1S/C51H48N2O12S/c1-4-41(47-53-42-9-7-8-10-44(42)66-47)52-30-35-29-40(64-50(58)33-13-11-31(12-14-33)48(56)62-38-23-19-36(20-24-38)60-45(54)5-2)27-28-43(35)65-51(59)34-17-15-32(16-18-34)49(57)63-39-25-21-37(22-26-39)61-46(55)6-3/h5-10,19-34,41H,2-4,11-18H2,1H3. The van der Waals surface area contributed by atoms with Crippen molar-refractivity contribution in [1.29, 1.82) is 0 Å². The van der Waals surface area contributed by atoms with E-state index in [1.165, 1.54) is 48.5 Å². The summed E-state index contributed by atoms with van der Waals surface area (Å²) in [7, 11) is 0. The first-order chi connectivity index (χ1) is 32.0. The van der Waals surface area contributed by atoms with E-state index in [1.807, 2.05) is 31.2 Å². The molecule has 1 heterocycles. The third-order valence-corrected chi connectivity index (χ3v) is 12.6. The summed E-state index contributed by atoms with van der Waals surface area (Å²) in [6, 6.07) is 24.5. The number of hydrogen-bond donors (Lipinski definition) is 0. The van der Waals surface area contributed by atoms with E-state index in [9.17, 15) is 28.8 Å². The number of aliphatic imine (C=N–C) groups is 1. The van der Waals surface area contributed by atoms with Gasteiger partial charge in [-0.1, -0.05) is 32.2 Å². The number of carbonyl (C=O) groups is 6. The van der Waals surface area contributed by atoms with Gasteiger partial charge < -0.3 is 28.4 Å². The maximum atomic E-state index is 13.7. The van der Waals surface area contributed by atoms with E-state index in [1.54, 1.807) is 35.8 Å². The number of esters is 6. The fourth-order valence-electron chi connectivity index (χ4n) is 7.72. The molecule has 340 valence electrons. The molecule has 0 saturated heterocycles. The van der Waals surface area contributed by atoms with Crippen LogP contribution in [0.15, 0.2) is 121 Å². The van der Waals surface area contributed by atoms with E-state index in [4.69, 9.17) is 38.4 Å². The van der Waals surface area contributed by atoms with Gasteiger partial charge in [0.1, 0.15) is 45.5 Å². The number of aromatic nitrogens is 1. The van der Waals surface area contributed by atoms with Gasteiger partial charge in [0.05, 0.1) is 33.9 Å². The second kappa shape index (κ2) is 22.1. The smallest absolute Gasteiger partial charge is 0.335 e. The number of thiazole rings is 1. The molecule has 15 heteroatoms. The summed E-state index contributed by atoms with van der Waals surface area (Å²) < 4.78 is 34.2. The molecular weight excluding hydrogens is 865 g/mol. The van der Waals surface area contributed by atoms with Gasteiger partial charge in [0.15, 0.2) is 0 Å². The summed E-state index contributed by atoms with van der Waals surface area (Å²) in [4.78, 5) is 85.8. The summed E-state index contributed by atoms with van der Waals surface area (Å²) in [6.45, 7) is 8.75. The van der Waals surface area contributed by atoms with Crippen LogP contribution in [0.1, 0.15) is 81.3 Å². The number of benzene rings is 4. The Balaban J connectivity index is 0.974. The maximum absolute atomic E-state index is 13.7. The Bertz CT molecular complexity index is 2590. The largest absolute Gasteiger partial charge is 0.426 e. The second-order valence-electron chi connectivity index (χ2n) is 15.9. The fraction of sp³-hybridized carbons (Fsp3) is 0.294. The predicted octanol–water partition coefficient (Wildman–Crippen LogP) is 9.68. The Morgan fingerprint density at radius 3 is 1.44 bits per heavy atom. The van der Waals surface area contributed by atoms with Crippen molar-refractivity contribution in [2.75, 3.05) is 0 Å². The monoisotopic (exact) mass is 912 g/mol. The highest BCUT2D eigenvalue weighted by atomic mass is 32.1. The number of para-hydroxylation sites is 1. The summed E-state index contributed by atoms with van der Waals surface area (Å²) >= 11 is 1.56. The molecule has 0 amide bonds. The van der Waals surface area contributed by atoms with Crippen LogP contribution in [0.4, 0.5) is 0 Å². The highest BCUT2D eigenvalue weighted by molar-refractivity contribution is 7.18. The number of rotatable bonds is 16. The van der Waals surface area contributed by atoms with E-state index >= 15 is 0 Å². The van der Waals surface area contributed by atoms with Crippen LogP contribution in [-0.2, 0) is 28.8 Å². The molecule has 2 fully saturated rings. The SMILES string of the molecule is C=CC(=O)Oc1ccc(OC(=O)C2CCC(C(=O)Oc3ccc(OC(=O)C4CCC(C(=O)Oc5ccc(OC(=O)C=C)cc5)CC4)c(C=NC(CC)c4nc5ccccc5s4)c3)CC2)cc1. The molecular formula is C51H48N2O12S. The fourth-order valence-corrected chi connectivity index (χ4v) is 8.82. The van der Waals surface area contributed by atoms with Gasteiger partial charge in [0.25, 0.3) is 0 Å². The third-order valence-electron chi connectivity index (χ3n) is 11.4. The normalized spacial score (nSPS) is 18.6. The summed E-state index contributed by atoms with van der Waals surface area (Å²) in [5.41, 5.74) is 1.31. The topological polar surface area (TPSA) is 183 Å². The number of fused-ring (bicyclic) bond motifs is 1. The second-order valence-corrected chi connectivity index (χ2v) is 17.0. The Labute approximate surface area is 385 Å². The zero-order valence-corrected chi connectivity index (χ0v) is 37.1. The molecule has 14 nitrogen and oxygen atoms in total. The van der Waals surface area contributed by atoms with Crippen molar-refractivity contribution in [2.24, 2.45) is 28.7 Å². The van der Waals surface area contributed by atoms with E-state index in [0.29, 0.717) is 74.8 Å². The number of hydrogen-bond acceptors (Lipinski definition) is 15. The predicted molar refractivity (Wildman–Crippen MR) is 245 cm³/mol. The van der Waals surface area contributed by atoms with E-state index in [2.05, 4.69) is 13.2 Å². The first-order valence-electron chi connectivity index (χ1n) is 21.8. The van der Waals surface area contributed by atoms with Crippen LogP contribution in [0.5, 0.6) is 34.5 Å². The molecule has 1 atom stereocenters. The minimum atomic E-state index is -0.601. The zero-order valence-electron chi connectivity index (χ0n) is 36.3. The molecule has 4 aromatic carbocycles. The quantitative estimate of drug-likeness (QED) is 0.0395. The molecule has 2 saturated carbocycles. The molecule has 66 heavy (non-hydrogen) atoms. The molecule has 1 aromatic heterocycles. The average molecular weight is 913 g/mol. The molecule has 0 radical (unpaired) electrons. The average Bonchev–Trinajstić information content (AvgIpc) is 3.78. The zero-order chi connectivity index (χ0) is 46.6. The van der Waals surface area contributed by atoms with Gasteiger partial charge in [-0.2, -0.15) is 0 Å². The van der Waals surface area contributed by atoms with E-state index in [0.717, 1.165) is 27.4 Å². The van der Waals surface area contributed by atoms with Gasteiger partial charge in [0.2, 0.25) is 0 Å². The molecule has 0 aliphatic heterocycles. The van der Waals surface area contributed by atoms with Crippen LogP contribution in [0.25, 0.3) is 10.2 Å². The van der Waals surface area contributed by atoms with Gasteiger partial charge in [-0.3, -0.25) is 24.2 Å². The van der Waals surface area contributed by atoms with Crippen molar-refractivity contribution in [3.8, 4) is 34.5 Å². The third kappa shape index (κ3) is 12.3. The van der Waals surface area contributed by atoms with Crippen molar-refractivity contribution in [2.45, 2.75) is 70.8 Å². The molecule has 5 aromatic rings. The van der Waals surface area contributed by atoms with Crippen molar-refractivity contribution in [3.63, 3.8) is 0 Å². The van der Waals surface area contributed by atoms with Crippen LogP contribution in [0.2, 0.25) is 0 Å². The van der Waals surface area contributed by atoms with Crippen molar-refractivity contribution in [3.05, 3.63) is 127 Å². The lowest BCUT2D eigenvalue weighted by Gasteiger charge is -2.26. The molecule has 0 N–H and O–H groups in total. The number of nitrogens with zero attached hydrogens (tertiary/aromatic N) is 2. The van der Waals surface area contributed by atoms with Crippen molar-refractivity contribution in [1.82, 2.24) is 4.98 Å². The van der Waals surface area contributed by atoms with Gasteiger partial charge in [0, 0.05) is 23.9 Å².